The van der Waals surface area contributed by atoms with E-state index in [9.17, 15) is 9.59 Å². The van der Waals surface area contributed by atoms with Gasteiger partial charge in [-0.25, -0.2) is 4.98 Å². The molecule has 2 rings (SSSR count). The Bertz CT molecular complexity index is 725. The van der Waals surface area contributed by atoms with E-state index >= 15 is 0 Å². The summed E-state index contributed by atoms with van der Waals surface area (Å²) in [4.78, 5) is 27.9. The van der Waals surface area contributed by atoms with Gasteiger partial charge in [-0.2, -0.15) is 0 Å². The lowest BCUT2D eigenvalue weighted by Crippen LogP contribution is -2.27. The van der Waals surface area contributed by atoms with Crippen LogP contribution in [0.3, 0.4) is 0 Å². The second-order valence-electron chi connectivity index (χ2n) is 6.25. The normalized spacial score (nSPS) is 11.5. The molecule has 0 radical (unpaired) electrons. The van der Waals surface area contributed by atoms with Crippen molar-refractivity contribution >= 4 is 17.2 Å². The van der Waals surface area contributed by atoms with Crippen molar-refractivity contribution in [3.63, 3.8) is 0 Å². The molecular weight excluding hydrogens is 298 g/mol. The number of nitrogens with zero attached hydrogens (tertiary/aromatic N) is 2. The lowest BCUT2D eigenvalue weighted by atomic mass is 9.93. The molecule has 0 unspecified atom stereocenters. The zero-order valence-corrected chi connectivity index (χ0v) is 14.2. The summed E-state index contributed by atoms with van der Waals surface area (Å²) in [7, 11) is 1.63. The molecule has 118 valence electrons. The number of amides is 1. The molecule has 1 N–H and O–H groups in total. The zero-order valence-electron chi connectivity index (χ0n) is 13.3. The van der Waals surface area contributed by atoms with Gasteiger partial charge in [0.15, 0.2) is 0 Å². The van der Waals surface area contributed by atoms with E-state index in [1.54, 1.807) is 30.6 Å². The standard InChI is InChI=1S/C16H21N3O2S/c1-16(2,3)12-10-22-13(18-12)7-8-17-15(21)11-5-6-14(20)19(4)9-11/h5-6,9-10H,7-8H2,1-4H3,(H,17,21). The van der Waals surface area contributed by atoms with Crippen LogP contribution in [-0.2, 0) is 18.9 Å². The van der Waals surface area contributed by atoms with Gasteiger partial charge in [0.2, 0.25) is 5.56 Å². The summed E-state index contributed by atoms with van der Waals surface area (Å²) in [5.41, 5.74) is 1.48. The van der Waals surface area contributed by atoms with Crippen LogP contribution in [0.25, 0.3) is 0 Å². The molecule has 0 atom stereocenters. The van der Waals surface area contributed by atoms with E-state index in [0.29, 0.717) is 18.5 Å². The van der Waals surface area contributed by atoms with Crippen LogP contribution in [0, 0.1) is 0 Å². The maximum Gasteiger partial charge on any atom is 0.252 e. The zero-order chi connectivity index (χ0) is 16.3. The van der Waals surface area contributed by atoms with E-state index in [0.717, 1.165) is 10.7 Å². The summed E-state index contributed by atoms with van der Waals surface area (Å²) in [6.07, 6.45) is 2.25. The Hall–Kier alpha value is -1.95. The van der Waals surface area contributed by atoms with Crippen LogP contribution >= 0.6 is 11.3 Å². The molecule has 22 heavy (non-hydrogen) atoms. The van der Waals surface area contributed by atoms with Crippen molar-refractivity contribution in [2.45, 2.75) is 32.6 Å². The van der Waals surface area contributed by atoms with Gasteiger partial charge in [0.25, 0.3) is 5.91 Å². The third kappa shape index (κ3) is 4.04. The molecule has 0 aliphatic rings. The number of pyridine rings is 1. The Morgan fingerprint density at radius 3 is 2.68 bits per heavy atom. The van der Waals surface area contributed by atoms with Gasteiger partial charge in [0.1, 0.15) is 0 Å². The molecule has 0 aromatic carbocycles. The molecule has 0 bridgehead atoms. The van der Waals surface area contributed by atoms with Gasteiger partial charge in [-0.15, -0.1) is 11.3 Å². The number of nitrogens with one attached hydrogen (secondary N) is 1. The van der Waals surface area contributed by atoms with Gasteiger partial charge in [0, 0.05) is 43.1 Å². The van der Waals surface area contributed by atoms with Gasteiger partial charge >= 0.3 is 0 Å². The highest BCUT2D eigenvalue weighted by atomic mass is 32.1. The Balaban J connectivity index is 1.90. The smallest absolute Gasteiger partial charge is 0.252 e. The van der Waals surface area contributed by atoms with E-state index in [-0.39, 0.29) is 16.9 Å². The fraction of sp³-hybridized carbons (Fsp3) is 0.438. The number of hydrogen-bond acceptors (Lipinski definition) is 4. The Labute approximate surface area is 134 Å². The predicted molar refractivity (Wildman–Crippen MR) is 88.5 cm³/mol. The van der Waals surface area contributed by atoms with Gasteiger partial charge in [-0.05, 0) is 6.07 Å². The summed E-state index contributed by atoms with van der Waals surface area (Å²) in [6, 6.07) is 2.93. The Morgan fingerprint density at radius 2 is 2.09 bits per heavy atom. The van der Waals surface area contributed by atoms with E-state index < -0.39 is 0 Å². The lowest BCUT2D eigenvalue weighted by molar-refractivity contribution is 0.0953. The molecule has 1 amide bonds. The van der Waals surface area contributed by atoms with E-state index in [2.05, 4.69) is 36.5 Å². The summed E-state index contributed by atoms with van der Waals surface area (Å²) >= 11 is 1.62. The van der Waals surface area contributed by atoms with Crippen LogP contribution in [0.5, 0.6) is 0 Å². The molecule has 0 spiro atoms. The molecule has 2 aromatic rings. The van der Waals surface area contributed by atoms with Crippen LogP contribution in [0.1, 0.15) is 41.8 Å². The Morgan fingerprint density at radius 1 is 1.36 bits per heavy atom. The summed E-state index contributed by atoms with van der Waals surface area (Å²) in [5, 5.41) is 5.95. The summed E-state index contributed by atoms with van der Waals surface area (Å²) < 4.78 is 1.39. The monoisotopic (exact) mass is 319 g/mol. The third-order valence-corrected chi connectivity index (χ3v) is 4.20. The van der Waals surface area contributed by atoms with Crippen molar-refractivity contribution in [2.75, 3.05) is 6.54 Å². The maximum atomic E-state index is 12.0. The second-order valence-corrected chi connectivity index (χ2v) is 7.19. The lowest BCUT2D eigenvalue weighted by Gasteiger charge is -2.14. The summed E-state index contributed by atoms with van der Waals surface area (Å²) in [5.74, 6) is -0.178. The molecule has 2 aromatic heterocycles. The van der Waals surface area contributed by atoms with Crippen LogP contribution in [0.4, 0.5) is 0 Å². The van der Waals surface area contributed by atoms with Gasteiger partial charge in [0.05, 0.1) is 16.3 Å². The van der Waals surface area contributed by atoms with Crippen molar-refractivity contribution in [3.8, 4) is 0 Å². The van der Waals surface area contributed by atoms with Crippen LogP contribution < -0.4 is 10.9 Å². The van der Waals surface area contributed by atoms with Gasteiger partial charge < -0.3 is 9.88 Å². The summed E-state index contributed by atoms with van der Waals surface area (Å²) in [6.45, 7) is 6.92. The number of rotatable bonds is 4. The number of carbonyl (C=O) groups is 1. The van der Waals surface area contributed by atoms with Gasteiger partial charge in [-0.3, -0.25) is 9.59 Å². The van der Waals surface area contributed by atoms with Crippen molar-refractivity contribution < 1.29 is 4.79 Å². The average Bonchev–Trinajstić information content (AvgIpc) is 2.90. The first-order valence-electron chi connectivity index (χ1n) is 7.17. The largest absolute Gasteiger partial charge is 0.352 e. The van der Waals surface area contributed by atoms with Crippen LogP contribution in [0.2, 0.25) is 0 Å². The second kappa shape index (κ2) is 6.44. The molecule has 0 fully saturated rings. The van der Waals surface area contributed by atoms with E-state index in [1.807, 2.05) is 0 Å². The van der Waals surface area contributed by atoms with Crippen molar-refractivity contribution in [2.24, 2.45) is 7.05 Å². The molecule has 0 aliphatic heterocycles. The van der Waals surface area contributed by atoms with Crippen LogP contribution in [-0.4, -0.2) is 22.0 Å². The maximum absolute atomic E-state index is 12.0. The molecule has 0 saturated carbocycles. The molecule has 2 heterocycles. The van der Waals surface area contributed by atoms with Crippen LogP contribution in [0.15, 0.2) is 28.5 Å². The Kier molecular flexibility index (Phi) is 4.81. The molecule has 0 aliphatic carbocycles. The first-order valence-corrected chi connectivity index (χ1v) is 8.05. The molecular formula is C16H21N3O2S. The third-order valence-electron chi connectivity index (χ3n) is 3.29. The SMILES string of the molecule is Cn1cc(C(=O)NCCc2nc(C(C)(C)C)cs2)ccc1=O. The first kappa shape index (κ1) is 16.4. The van der Waals surface area contributed by atoms with E-state index in [1.165, 1.54) is 10.6 Å². The average molecular weight is 319 g/mol. The number of carbonyl (C=O) groups excluding carboxylic acids is 1. The quantitative estimate of drug-likeness (QED) is 0.939. The number of aryl methyl sites for hydroxylation is 1. The first-order chi connectivity index (χ1) is 10.3. The van der Waals surface area contributed by atoms with Crippen molar-refractivity contribution in [1.82, 2.24) is 14.9 Å². The van der Waals surface area contributed by atoms with E-state index in [4.69, 9.17) is 0 Å². The topological polar surface area (TPSA) is 64.0 Å². The van der Waals surface area contributed by atoms with Gasteiger partial charge in [-0.1, -0.05) is 20.8 Å². The number of aromatic nitrogens is 2. The minimum Gasteiger partial charge on any atom is -0.352 e. The molecule has 0 saturated heterocycles. The molecule has 6 heteroatoms. The highest BCUT2D eigenvalue weighted by molar-refractivity contribution is 7.09. The predicted octanol–water partition coefficient (Wildman–Crippen LogP) is 2.11. The minimum atomic E-state index is -0.178. The highest BCUT2D eigenvalue weighted by Gasteiger charge is 2.17. The number of thiazole rings is 1. The van der Waals surface area contributed by atoms with Crippen molar-refractivity contribution in [3.05, 3.63) is 50.3 Å². The minimum absolute atomic E-state index is 0.0484. The fourth-order valence-corrected chi connectivity index (χ4v) is 2.91. The number of hydrogen-bond donors (Lipinski definition) is 1. The highest BCUT2D eigenvalue weighted by Crippen LogP contribution is 2.23. The van der Waals surface area contributed by atoms with Crippen molar-refractivity contribution in [1.29, 1.82) is 0 Å². The molecule has 5 nitrogen and oxygen atoms in total. The fourth-order valence-electron chi connectivity index (χ4n) is 1.88.